The van der Waals surface area contributed by atoms with Crippen LogP contribution >= 0.6 is 0 Å². The van der Waals surface area contributed by atoms with Crippen LogP contribution < -0.4 is 5.56 Å². The van der Waals surface area contributed by atoms with Gasteiger partial charge in [0.15, 0.2) is 0 Å². The predicted molar refractivity (Wildman–Crippen MR) is 187 cm³/mol. The van der Waals surface area contributed by atoms with E-state index in [1.807, 2.05) is 78.9 Å². The van der Waals surface area contributed by atoms with E-state index in [0.29, 0.717) is 22.5 Å². The maximum absolute atomic E-state index is 14.0. The Morgan fingerprint density at radius 2 is 1.04 bits per heavy atom. The number of pyridine rings is 1. The number of fused-ring (bicyclic) bond motifs is 12. The first-order chi connectivity index (χ1) is 22.8. The third kappa shape index (κ3) is 3.35. The topological polar surface area (TPSA) is 65.1 Å². The Bertz CT molecular complexity index is 2940. The van der Waals surface area contributed by atoms with Crippen molar-refractivity contribution in [3.05, 3.63) is 150 Å². The Hall–Kier alpha value is -6.40. The van der Waals surface area contributed by atoms with Gasteiger partial charge in [-0.25, -0.2) is 15.0 Å². The third-order valence-electron chi connectivity index (χ3n) is 9.11. The fourth-order valence-electron chi connectivity index (χ4n) is 7.14. The standard InChI is InChI=1S/C40H23N5O/c46-39-26-15-5-9-19-31(26)41-38-29-22-23-34-36(35(29)27-16-6-11-21-33(27)45(38)39)28-17-7-10-20-32(28)44(34)40-42-30-18-8-4-14-25(30)37(43-40)24-12-2-1-3-13-24/h1-23H. The number of hydrogen-bond acceptors (Lipinski definition) is 4. The second kappa shape index (κ2) is 9.30. The summed E-state index contributed by atoms with van der Waals surface area (Å²) in [6.07, 6.45) is 0. The van der Waals surface area contributed by atoms with Crippen LogP contribution in [-0.2, 0) is 0 Å². The molecule has 6 heteroatoms. The molecule has 6 nitrogen and oxygen atoms in total. The van der Waals surface area contributed by atoms with Crippen LogP contribution in [0.4, 0.5) is 0 Å². The number of hydrogen-bond donors (Lipinski definition) is 0. The van der Waals surface area contributed by atoms with Gasteiger partial charge >= 0.3 is 0 Å². The molecular formula is C40H23N5O. The lowest BCUT2D eigenvalue weighted by molar-refractivity contribution is 1.01. The number of nitrogens with zero attached hydrogens (tertiary/aromatic N) is 5. The molecule has 4 aromatic heterocycles. The van der Waals surface area contributed by atoms with Crippen molar-refractivity contribution in [2.24, 2.45) is 0 Å². The van der Waals surface area contributed by atoms with Crippen LogP contribution in [0.5, 0.6) is 0 Å². The highest BCUT2D eigenvalue weighted by Crippen LogP contribution is 2.41. The summed E-state index contributed by atoms with van der Waals surface area (Å²) >= 11 is 0. The molecule has 0 fully saturated rings. The van der Waals surface area contributed by atoms with E-state index in [1.54, 1.807) is 4.40 Å². The van der Waals surface area contributed by atoms with Gasteiger partial charge in [-0.05, 0) is 42.5 Å². The molecule has 0 N–H and O–H groups in total. The third-order valence-corrected chi connectivity index (χ3v) is 9.11. The van der Waals surface area contributed by atoms with Gasteiger partial charge in [-0.15, -0.1) is 0 Å². The van der Waals surface area contributed by atoms with Crippen LogP contribution in [0.25, 0.3) is 88.1 Å². The van der Waals surface area contributed by atoms with E-state index in [9.17, 15) is 4.79 Å². The summed E-state index contributed by atoms with van der Waals surface area (Å²) in [5, 5.41) is 6.72. The quantitative estimate of drug-likeness (QED) is 0.149. The molecule has 46 heavy (non-hydrogen) atoms. The lowest BCUT2D eigenvalue weighted by atomic mass is 10.00. The zero-order chi connectivity index (χ0) is 30.4. The molecule has 0 amide bonds. The van der Waals surface area contributed by atoms with Gasteiger partial charge in [0.05, 0.1) is 38.7 Å². The van der Waals surface area contributed by atoms with Crippen molar-refractivity contribution in [1.29, 1.82) is 0 Å². The Labute approximate surface area is 261 Å². The molecule has 4 heterocycles. The van der Waals surface area contributed by atoms with Crippen molar-refractivity contribution in [2.45, 2.75) is 0 Å². The van der Waals surface area contributed by atoms with E-state index < -0.39 is 0 Å². The Kier molecular flexibility index (Phi) is 5.05. The molecule has 0 aliphatic carbocycles. The fraction of sp³-hybridized carbons (Fsp3) is 0. The molecule has 0 spiro atoms. The van der Waals surface area contributed by atoms with E-state index >= 15 is 0 Å². The van der Waals surface area contributed by atoms with Gasteiger partial charge in [-0.2, -0.15) is 0 Å². The van der Waals surface area contributed by atoms with E-state index in [0.717, 1.165) is 65.6 Å². The minimum atomic E-state index is -0.0702. The number of benzene rings is 6. The first kappa shape index (κ1) is 25.0. The van der Waals surface area contributed by atoms with Gasteiger partial charge in [0, 0.05) is 37.9 Å². The first-order valence-corrected chi connectivity index (χ1v) is 15.3. The van der Waals surface area contributed by atoms with Crippen LogP contribution in [0.1, 0.15) is 0 Å². The molecule has 0 atom stereocenters. The number of aromatic nitrogens is 5. The van der Waals surface area contributed by atoms with E-state index in [-0.39, 0.29) is 5.56 Å². The maximum Gasteiger partial charge on any atom is 0.266 e. The minimum absolute atomic E-state index is 0.0702. The van der Waals surface area contributed by atoms with Crippen LogP contribution in [0.15, 0.2) is 144 Å². The normalized spacial score (nSPS) is 12.0. The summed E-state index contributed by atoms with van der Waals surface area (Å²) in [5.74, 6) is 0.605. The summed E-state index contributed by atoms with van der Waals surface area (Å²) in [4.78, 5) is 29.4. The highest BCUT2D eigenvalue weighted by molar-refractivity contribution is 6.30. The van der Waals surface area contributed by atoms with Crippen molar-refractivity contribution < 1.29 is 0 Å². The maximum atomic E-state index is 14.0. The Balaban J connectivity index is 1.41. The zero-order valence-corrected chi connectivity index (χ0v) is 24.4. The molecule has 0 bridgehead atoms. The Morgan fingerprint density at radius 3 is 1.83 bits per heavy atom. The molecule has 0 saturated heterocycles. The fourth-order valence-corrected chi connectivity index (χ4v) is 7.14. The van der Waals surface area contributed by atoms with Crippen LogP contribution in [-0.4, -0.2) is 23.9 Å². The SMILES string of the molecule is O=c1c2ccccc2nc2c3ccc4c(c5ccccc5n4-c4nc(-c5ccccc5)c5ccccc5n4)c3c3ccccc3n12. The van der Waals surface area contributed by atoms with Crippen LogP contribution in [0.2, 0.25) is 0 Å². The second-order valence-electron chi connectivity index (χ2n) is 11.6. The van der Waals surface area contributed by atoms with Gasteiger partial charge in [0.2, 0.25) is 5.95 Å². The molecule has 0 aliphatic rings. The van der Waals surface area contributed by atoms with Crippen molar-refractivity contribution in [3.63, 3.8) is 0 Å². The predicted octanol–water partition coefficient (Wildman–Crippen LogP) is 8.86. The highest BCUT2D eigenvalue weighted by atomic mass is 16.1. The van der Waals surface area contributed by atoms with Gasteiger partial charge in [-0.3, -0.25) is 13.8 Å². The second-order valence-corrected chi connectivity index (χ2v) is 11.6. The summed E-state index contributed by atoms with van der Waals surface area (Å²) in [6.45, 7) is 0. The molecule has 0 radical (unpaired) electrons. The molecule has 0 saturated carbocycles. The average molecular weight is 590 g/mol. The van der Waals surface area contributed by atoms with Crippen molar-refractivity contribution in [1.82, 2.24) is 23.9 Å². The van der Waals surface area contributed by atoms with Crippen LogP contribution in [0, 0.1) is 0 Å². The Morgan fingerprint density at radius 1 is 0.435 bits per heavy atom. The summed E-state index contributed by atoms with van der Waals surface area (Å²) in [6, 6.07) is 46.8. The summed E-state index contributed by atoms with van der Waals surface area (Å²) in [5.41, 5.74) is 6.88. The molecule has 6 aromatic carbocycles. The van der Waals surface area contributed by atoms with Gasteiger partial charge in [0.25, 0.3) is 5.56 Å². The molecule has 10 rings (SSSR count). The molecule has 214 valence electrons. The lowest BCUT2D eigenvalue weighted by Gasteiger charge is -2.14. The number of para-hydroxylation sites is 4. The number of rotatable bonds is 2. The van der Waals surface area contributed by atoms with Crippen molar-refractivity contribution in [3.8, 4) is 17.2 Å². The van der Waals surface area contributed by atoms with Gasteiger partial charge < -0.3 is 0 Å². The monoisotopic (exact) mass is 589 g/mol. The van der Waals surface area contributed by atoms with Gasteiger partial charge in [-0.1, -0.05) is 97.1 Å². The molecule has 10 aromatic rings. The molecule has 0 unspecified atom stereocenters. The van der Waals surface area contributed by atoms with E-state index in [1.165, 1.54) is 0 Å². The molecular weight excluding hydrogens is 566 g/mol. The van der Waals surface area contributed by atoms with Crippen molar-refractivity contribution in [2.75, 3.05) is 0 Å². The van der Waals surface area contributed by atoms with Crippen LogP contribution in [0.3, 0.4) is 0 Å². The van der Waals surface area contributed by atoms with Gasteiger partial charge in [0.1, 0.15) is 5.65 Å². The smallest absolute Gasteiger partial charge is 0.266 e. The lowest BCUT2D eigenvalue weighted by Crippen LogP contribution is -2.16. The van der Waals surface area contributed by atoms with E-state index in [2.05, 4.69) is 65.2 Å². The summed E-state index contributed by atoms with van der Waals surface area (Å²) in [7, 11) is 0. The van der Waals surface area contributed by atoms with E-state index in [4.69, 9.17) is 15.0 Å². The molecule has 0 aliphatic heterocycles. The summed E-state index contributed by atoms with van der Waals surface area (Å²) < 4.78 is 3.94. The zero-order valence-electron chi connectivity index (χ0n) is 24.4. The minimum Gasteiger partial charge on any atom is -0.278 e. The van der Waals surface area contributed by atoms with Crippen molar-refractivity contribution >= 4 is 70.9 Å². The average Bonchev–Trinajstić information content (AvgIpc) is 3.46. The first-order valence-electron chi connectivity index (χ1n) is 15.3. The largest absolute Gasteiger partial charge is 0.278 e. The highest BCUT2D eigenvalue weighted by Gasteiger charge is 2.22.